The number of hydrogen-bond acceptors (Lipinski definition) is 9. The first kappa shape index (κ1) is 33.5. The average molecular weight is 693 g/mol. The molecular weight excluding hydrogens is 653 g/mol. The van der Waals surface area contributed by atoms with Crippen LogP contribution in [0.1, 0.15) is 44.1 Å². The monoisotopic (exact) mass is 692 g/mol. The number of nitrogens with zero attached hydrogens (tertiary/aromatic N) is 4. The minimum atomic E-state index is -3.72. The van der Waals surface area contributed by atoms with Crippen molar-refractivity contribution in [3.8, 4) is 28.6 Å². The zero-order chi connectivity index (χ0) is 34.5. The first-order chi connectivity index (χ1) is 24.3. The van der Waals surface area contributed by atoms with Crippen molar-refractivity contribution in [2.45, 2.75) is 62.6 Å². The van der Waals surface area contributed by atoms with Crippen molar-refractivity contribution in [3.63, 3.8) is 0 Å². The van der Waals surface area contributed by atoms with Crippen LogP contribution in [-0.4, -0.2) is 53.4 Å². The second-order valence-electron chi connectivity index (χ2n) is 12.7. The number of benzene rings is 2. The molecule has 0 radical (unpaired) electrons. The predicted molar refractivity (Wildman–Crippen MR) is 192 cm³/mol. The van der Waals surface area contributed by atoms with Gasteiger partial charge >= 0.3 is 0 Å². The summed E-state index contributed by atoms with van der Waals surface area (Å²) in [6, 6.07) is 22.8. The molecule has 1 aliphatic carbocycles. The highest BCUT2D eigenvalue weighted by molar-refractivity contribution is 7.86. The molecule has 0 bridgehead atoms. The maximum absolute atomic E-state index is 12.3. The van der Waals surface area contributed by atoms with Gasteiger partial charge in [-0.3, -0.25) is 9.17 Å². The number of aromatic nitrogens is 4. The SMILES string of the molecule is Cc1ccc(S(=O)(=O)OCCCCCCOc2cc(OC3CC(Oc4ccc(-c5ccc6c7cnccc7n(C)c6c5)cn4)C3)ccn2)cc1. The van der Waals surface area contributed by atoms with E-state index in [2.05, 4.69) is 44.8 Å². The third kappa shape index (κ3) is 7.74. The van der Waals surface area contributed by atoms with Crippen molar-refractivity contribution < 1.29 is 26.8 Å². The minimum Gasteiger partial charge on any atom is -0.490 e. The van der Waals surface area contributed by atoms with Crippen molar-refractivity contribution in [2.75, 3.05) is 13.2 Å². The Hall–Kier alpha value is -5.00. The normalized spacial score (nSPS) is 16.0. The molecule has 0 aliphatic heterocycles. The first-order valence-electron chi connectivity index (χ1n) is 17.0. The molecule has 1 aliphatic rings. The molecule has 0 amide bonds. The number of unbranched alkanes of at least 4 members (excludes halogenated alkanes) is 3. The van der Waals surface area contributed by atoms with E-state index < -0.39 is 10.1 Å². The number of hydrogen-bond donors (Lipinski definition) is 0. The highest BCUT2D eigenvalue weighted by Crippen LogP contribution is 2.33. The molecule has 50 heavy (non-hydrogen) atoms. The van der Waals surface area contributed by atoms with Crippen LogP contribution in [0.2, 0.25) is 0 Å². The molecule has 1 saturated carbocycles. The number of pyridine rings is 3. The van der Waals surface area contributed by atoms with Gasteiger partial charge in [-0.15, -0.1) is 0 Å². The topological polar surface area (TPSA) is 115 Å². The molecule has 6 aromatic rings. The Labute approximate surface area is 292 Å². The van der Waals surface area contributed by atoms with Gasteiger partial charge in [-0.05, 0) is 68.1 Å². The summed E-state index contributed by atoms with van der Waals surface area (Å²) in [6.45, 7) is 2.59. The highest BCUT2D eigenvalue weighted by Gasteiger charge is 2.33. The summed E-state index contributed by atoms with van der Waals surface area (Å²) in [6.07, 6.45) is 12.1. The predicted octanol–water partition coefficient (Wildman–Crippen LogP) is 7.83. The van der Waals surface area contributed by atoms with Crippen LogP contribution in [0.15, 0.2) is 102 Å². The Balaban J connectivity index is 0.804. The molecule has 258 valence electrons. The van der Waals surface area contributed by atoms with E-state index in [1.165, 1.54) is 5.39 Å². The Morgan fingerprint density at radius 1 is 0.720 bits per heavy atom. The summed E-state index contributed by atoms with van der Waals surface area (Å²) < 4.78 is 50.0. The Kier molecular flexibility index (Phi) is 9.95. The second-order valence-corrected chi connectivity index (χ2v) is 14.3. The molecule has 1 fully saturated rings. The summed E-state index contributed by atoms with van der Waals surface area (Å²) in [4.78, 5) is 13.4. The zero-order valence-corrected chi connectivity index (χ0v) is 29.0. The van der Waals surface area contributed by atoms with Gasteiger partial charge in [0.15, 0.2) is 0 Å². The van der Waals surface area contributed by atoms with Crippen LogP contribution in [0.25, 0.3) is 32.9 Å². The zero-order valence-electron chi connectivity index (χ0n) is 28.2. The van der Waals surface area contributed by atoms with Crippen LogP contribution in [0.5, 0.6) is 17.5 Å². The van der Waals surface area contributed by atoms with Gasteiger partial charge in [-0.1, -0.05) is 36.2 Å². The molecule has 0 saturated heterocycles. The fourth-order valence-electron chi connectivity index (χ4n) is 6.15. The Morgan fingerprint density at radius 3 is 2.30 bits per heavy atom. The molecule has 4 aromatic heterocycles. The lowest BCUT2D eigenvalue weighted by Gasteiger charge is -2.35. The van der Waals surface area contributed by atoms with Crippen molar-refractivity contribution >= 4 is 31.9 Å². The average Bonchev–Trinajstić information content (AvgIpc) is 3.40. The van der Waals surface area contributed by atoms with Gasteiger partial charge in [0.2, 0.25) is 11.8 Å². The Morgan fingerprint density at radius 2 is 1.50 bits per heavy atom. The molecule has 2 aromatic carbocycles. The van der Waals surface area contributed by atoms with Gasteiger partial charge in [0.1, 0.15) is 18.0 Å². The van der Waals surface area contributed by atoms with E-state index in [-0.39, 0.29) is 23.7 Å². The van der Waals surface area contributed by atoms with E-state index in [4.69, 9.17) is 18.4 Å². The van der Waals surface area contributed by atoms with E-state index in [1.807, 2.05) is 55.8 Å². The summed E-state index contributed by atoms with van der Waals surface area (Å²) in [7, 11) is -1.63. The van der Waals surface area contributed by atoms with Crippen molar-refractivity contribution in [1.29, 1.82) is 0 Å². The van der Waals surface area contributed by atoms with Crippen LogP contribution in [0, 0.1) is 6.92 Å². The minimum absolute atomic E-state index is 0.0461. The van der Waals surface area contributed by atoms with Crippen LogP contribution in [0.4, 0.5) is 0 Å². The fourth-order valence-corrected chi connectivity index (χ4v) is 7.09. The van der Waals surface area contributed by atoms with E-state index in [0.29, 0.717) is 30.5 Å². The second kappa shape index (κ2) is 14.9. The molecule has 7 rings (SSSR count). The highest BCUT2D eigenvalue weighted by atomic mass is 32.2. The number of rotatable bonds is 15. The summed E-state index contributed by atoms with van der Waals surface area (Å²) in [5.41, 5.74) is 5.45. The third-order valence-corrected chi connectivity index (χ3v) is 10.4. The summed E-state index contributed by atoms with van der Waals surface area (Å²) >= 11 is 0. The van der Waals surface area contributed by atoms with Crippen LogP contribution < -0.4 is 14.2 Å². The molecule has 0 spiro atoms. The molecule has 11 heteroatoms. The van der Waals surface area contributed by atoms with E-state index in [9.17, 15) is 8.42 Å². The number of fused-ring (bicyclic) bond motifs is 3. The van der Waals surface area contributed by atoms with Gasteiger partial charge in [-0.25, -0.2) is 9.97 Å². The van der Waals surface area contributed by atoms with Crippen molar-refractivity contribution in [3.05, 3.63) is 103 Å². The standard InChI is InChI=1S/C39H40N4O6S/c1-27-7-11-33(12-8-27)50(44,45)47-20-6-4-3-5-19-46-39-24-30(15-18-41-39)48-31-22-32(23-31)49-38-14-10-29(25-42-38)28-9-13-34-35-26-40-17-16-36(35)43(2)37(34)21-28/h7-18,21,24-26,31-32H,3-6,19-20,22-23H2,1-2H3. The number of aryl methyl sites for hydroxylation is 2. The first-order valence-corrected chi connectivity index (χ1v) is 18.4. The van der Waals surface area contributed by atoms with Crippen LogP contribution in [0.3, 0.4) is 0 Å². The molecule has 4 heterocycles. The van der Waals surface area contributed by atoms with Gasteiger partial charge in [0.25, 0.3) is 10.1 Å². The van der Waals surface area contributed by atoms with Gasteiger partial charge in [-0.2, -0.15) is 8.42 Å². The Bertz CT molecular complexity index is 2180. The van der Waals surface area contributed by atoms with E-state index in [1.54, 1.807) is 30.5 Å². The van der Waals surface area contributed by atoms with E-state index >= 15 is 0 Å². The molecular formula is C39H40N4O6S. The van der Waals surface area contributed by atoms with Gasteiger partial charge < -0.3 is 18.8 Å². The third-order valence-electron chi connectivity index (χ3n) is 9.06. The molecule has 0 N–H and O–H groups in total. The van der Waals surface area contributed by atoms with Crippen LogP contribution >= 0.6 is 0 Å². The molecule has 10 nitrogen and oxygen atoms in total. The quantitative estimate of drug-likeness (QED) is 0.0785. The smallest absolute Gasteiger partial charge is 0.296 e. The summed E-state index contributed by atoms with van der Waals surface area (Å²) in [5, 5.41) is 2.34. The van der Waals surface area contributed by atoms with Gasteiger partial charge in [0, 0.05) is 78.7 Å². The summed E-state index contributed by atoms with van der Waals surface area (Å²) in [5.74, 6) is 1.84. The lowest BCUT2D eigenvalue weighted by Crippen LogP contribution is -2.41. The molecule has 0 unspecified atom stereocenters. The van der Waals surface area contributed by atoms with Gasteiger partial charge in [0.05, 0.1) is 23.6 Å². The van der Waals surface area contributed by atoms with Crippen molar-refractivity contribution in [2.24, 2.45) is 7.05 Å². The van der Waals surface area contributed by atoms with Crippen LogP contribution in [-0.2, 0) is 21.3 Å². The number of ether oxygens (including phenoxy) is 3. The fraction of sp³-hybridized carbons (Fsp3) is 0.308. The molecule has 0 atom stereocenters. The van der Waals surface area contributed by atoms with E-state index in [0.717, 1.165) is 65.2 Å². The largest absolute Gasteiger partial charge is 0.490 e. The maximum atomic E-state index is 12.3. The lowest BCUT2D eigenvalue weighted by molar-refractivity contribution is 0.00212. The maximum Gasteiger partial charge on any atom is 0.296 e. The lowest BCUT2D eigenvalue weighted by atomic mass is 9.92. The van der Waals surface area contributed by atoms with Crippen molar-refractivity contribution in [1.82, 2.24) is 19.5 Å².